The van der Waals surface area contributed by atoms with E-state index in [-0.39, 0.29) is 30.3 Å². The third-order valence-corrected chi connectivity index (χ3v) is 6.74. The summed E-state index contributed by atoms with van der Waals surface area (Å²) in [6.07, 6.45) is 3.41. The van der Waals surface area contributed by atoms with Crippen molar-refractivity contribution in [1.29, 1.82) is 0 Å². The van der Waals surface area contributed by atoms with E-state index in [9.17, 15) is 9.59 Å². The molecule has 1 unspecified atom stereocenters. The molecule has 2 aromatic carbocycles. The van der Waals surface area contributed by atoms with E-state index in [1.165, 1.54) is 5.56 Å². The zero-order valence-electron chi connectivity index (χ0n) is 19.0. The molecule has 2 aliphatic rings. The Balaban J connectivity index is 1.17. The van der Waals surface area contributed by atoms with Gasteiger partial charge in [0, 0.05) is 44.6 Å². The second kappa shape index (κ2) is 8.81. The van der Waals surface area contributed by atoms with E-state index in [0.717, 1.165) is 35.1 Å². The third kappa shape index (κ3) is 4.40. The molecule has 1 atom stereocenters. The molecule has 0 bridgehead atoms. The van der Waals surface area contributed by atoms with Crippen molar-refractivity contribution in [3.05, 3.63) is 59.8 Å². The summed E-state index contributed by atoms with van der Waals surface area (Å²) < 4.78 is 6.06. The van der Waals surface area contributed by atoms with Gasteiger partial charge in [0.25, 0.3) is 0 Å². The van der Waals surface area contributed by atoms with Crippen LogP contribution < -0.4 is 9.64 Å². The quantitative estimate of drug-likeness (QED) is 0.614. The van der Waals surface area contributed by atoms with Crippen molar-refractivity contribution in [2.75, 3.05) is 24.5 Å². The summed E-state index contributed by atoms with van der Waals surface area (Å²) in [5, 5.41) is 0. The molecule has 0 radical (unpaired) electrons. The van der Waals surface area contributed by atoms with Gasteiger partial charge in [-0.25, -0.2) is 9.97 Å². The van der Waals surface area contributed by atoms with Crippen molar-refractivity contribution in [3.63, 3.8) is 0 Å². The van der Waals surface area contributed by atoms with Gasteiger partial charge in [-0.15, -0.1) is 0 Å². The van der Waals surface area contributed by atoms with Crippen molar-refractivity contribution in [1.82, 2.24) is 14.9 Å². The second-order valence-electron chi connectivity index (χ2n) is 9.01. The molecule has 3 aromatic rings. The predicted molar refractivity (Wildman–Crippen MR) is 126 cm³/mol. The lowest BCUT2D eigenvalue weighted by Crippen LogP contribution is -2.45. The Hall–Kier alpha value is -3.48. The minimum absolute atomic E-state index is 0.00162. The van der Waals surface area contributed by atoms with Crippen molar-refractivity contribution in [2.45, 2.75) is 39.2 Å². The molecule has 7 nitrogen and oxygen atoms in total. The zero-order valence-corrected chi connectivity index (χ0v) is 19.0. The molecule has 3 heterocycles. The number of hydrogen-bond donors (Lipinski definition) is 0. The molecule has 5 rings (SSSR count). The summed E-state index contributed by atoms with van der Waals surface area (Å²) in [7, 11) is 0. The number of rotatable bonds is 4. The maximum atomic E-state index is 13.1. The van der Waals surface area contributed by atoms with Gasteiger partial charge in [0.1, 0.15) is 6.10 Å². The molecule has 2 amide bonds. The molecular formula is C26H28N4O3. The maximum absolute atomic E-state index is 13.1. The standard InChI is InChI=1S/C26H28N4O3/c1-17-7-8-20(13-18(17)2)30-16-19(14-25(30)31)26(32)29-11-9-21(10-12-29)33-24-15-27-22-5-3-4-6-23(22)28-24/h3-8,13,15,19,21H,9-12,14,16H2,1-2H3. The highest BCUT2D eigenvalue weighted by atomic mass is 16.5. The van der Waals surface area contributed by atoms with E-state index in [1.54, 1.807) is 11.1 Å². The molecule has 1 aromatic heterocycles. The van der Waals surface area contributed by atoms with Gasteiger partial charge in [0.05, 0.1) is 23.1 Å². The lowest BCUT2D eigenvalue weighted by Gasteiger charge is -2.33. The van der Waals surface area contributed by atoms with Crippen LogP contribution in [0.4, 0.5) is 5.69 Å². The number of fused-ring (bicyclic) bond motifs is 1. The highest BCUT2D eigenvalue weighted by Crippen LogP contribution is 2.29. The number of likely N-dealkylation sites (tertiary alicyclic amines) is 1. The number of nitrogens with zero attached hydrogens (tertiary/aromatic N) is 4. The van der Waals surface area contributed by atoms with Gasteiger partial charge in [-0.1, -0.05) is 18.2 Å². The van der Waals surface area contributed by atoms with Crippen molar-refractivity contribution in [3.8, 4) is 5.88 Å². The van der Waals surface area contributed by atoms with E-state index in [1.807, 2.05) is 54.3 Å². The van der Waals surface area contributed by atoms with Crippen LogP contribution in [0, 0.1) is 19.8 Å². The number of hydrogen-bond acceptors (Lipinski definition) is 5. The smallest absolute Gasteiger partial charge is 0.233 e. The molecule has 0 N–H and O–H groups in total. The summed E-state index contributed by atoms with van der Waals surface area (Å²) >= 11 is 0. The second-order valence-corrected chi connectivity index (χ2v) is 9.01. The fourth-order valence-electron chi connectivity index (χ4n) is 4.64. The number of anilines is 1. The first-order chi connectivity index (χ1) is 16.0. The lowest BCUT2D eigenvalue weighted by molar-refractivity contribution is -0.137. The van der Waals surface area contributed by atoms with E-state index in [4.69, 9.17) is 4.74 Å². The number of carbonyl (C=O) groups excluding carboxylic acids is 2. The van der Waals surface area contributed by atoms with E-state index in [0.29, 0.717) is 25.5 Å². The first kappa shape index (κ1) is 21.4. The van der Waals surface area contributed by atoms with Gasteiger partial charge in [0.2, 0.25) is 17.7 Å². The highest BCUT2D eigenvalue weighted by molar-refractivity contribution is 6.00. The molecule has 2 fully saturated rings. The van der Waals surface area contributed by atoms with Crippen LogP contribution in [0.5, 0.6) is 5.88 Å². The fraction of sp³-hybridized carbons (Fsp3) is 0.385. The molecule has 0 aliphatic carbocycles. The molecule has 0 saturated carbocycles. The number of aromatic nitrogens is 2. The topological polar surface area (TPSA) is 75.6 Å². The van der Waals surface area contributed by atoms with Crippen LogP contribution in [-0.2, 0) is 9.59 Å². The van der Waals surface area contributed by atoms with Crippen LogP contribution in [-0.4, -0.2) is 52.4 Å². The van der Waals surface area contributed by atoms with Gasteiger partial charge in [-0.3, -0.25) is 9.59 Å². The Labute approximate surface area is 193 Å². The Kier molecular flexibility index (Phi) is 5.70. The van der Waals surface area contributed by atoms with Gasteiger partial charge >= 0.3 is 0 Å². The maximum Gasteiger partial charge on any atom is 0.233 e. The summed E-state index contributed by atoms with van der Waals surface area (Å²) in [6, 6.07) is 13.7. The number of benzene rings is 2. The summed E-state index contributed by atoms with van der Waals surface area (Å²) in [5.41, 5.74) is 4.86. The van der Waals surface area contributed by atoms with Crippen LogP contribution in [0.1, 0.15) is 30.4 Å². The average molecular weight is 445 g/mol. The number of ether oxygens (including phenoxy) is 1. The van der Waals surface area contributed by atoms with Crippen molar-refractivity contribution < 1.29 is 14.3 Å². The lowest BCUT2D eigenvalue weighted by atomic mass is 10.0. The zero-order chi connectivity index (χ0) is 22.9. The Morgan fingerprint density at radius 3 is 2.55 bits per heavy atom. The fourth-order valence-corrected chi connectivity index (χ4v) is 4.64. The SMILES string of the molecule is Cc1ccc(N2CC(C(=O)N3CCC(Oc4cnc5ccccc5n4)CC3)CC2=O)cc1C. The first-order valence-electron chi connectivity index (χ1n) is 11.5. The Morgan fingerprint density at radius 1 is 1.03 bits per heavy atom. The normalized spacial score (nSPS) is 19.3. The molecule has 2 aliphatic heterocycles. The Bertz CT molecular complexity index is 1200. The van der Waals surface area contributed by atoms with E-state index in [2.05, 4.69) is 16.9 Å². The van der Waals surface area contributed by atoms with Gasteiger partial charge in [-0.05, 0) is 49.2 Å². The summed E-state index contributed by atoms with van der Waals surface area (Å²) in [5.74, 6) is 0.315. The molecule has 7 heteroatoms. The highest BCUT2D eigenvalue weighted by Gasteiger charge is 2.38. The van der Waals surface area contributed by atoms with Gasteiger partial charge in [0.15, 0.2) is 0 Å². The number of para-hydroxylation sites is 2. The molecule has 33 heavy (non-hydrogen) atoms. The molecule has 0 spiro atoms. The van der Waals surface area contributed by atoms with Crippen molar-refractivity contribution >= 4 is 28.5 Å². The number of carbonyl (C=O) groups is 2. The minimum Gasteiger partial charge on any atom is -0.473 e. The summed E-state index contributed by atoms with van der Waals surface area (Å²) in [4.78, 5) is 38.4. The van der Waals surface area contributed by atoms with E-state index >= 15 is 0 Å². The van der Waals surface area contributed by atoms with Crippen LogP contribution >= 0.6 is 0 Å². The Morgan fingerprint density at radius 2 is 1.79 bits per heavy atom. The van der Waals surface area contributed by atoms with Gasteiger partial charge in [-0.2, -0.15) is 0 Å². The van der Waals surface area contributed by atoms with Crippen molar-refractivity contribution in [2.24, 2.45) is 5.92 Å². The predicted octanol–water partition coefficient (Wildman–Crippen LogP) is 3.67. The van der Waals surface area contributed by atoms with Crippen LogP contribution in [0.25, 0.3) is 11.0 Å². The first-order valence-corrected chi connectivity index (χ1v) is 11.5. The largest absolute Gasteiger partial charge is 0.473 e. The monoisotopic (exact) mass is 444 g/mol. The van der Waals surface area contributed by atoms with Crippen LogP contribution in [0.15, 0.2) is 48.7 Å². The molecular weight excluding hydrogens is 416 g/mol. The third-order valence-electron chi connectivity index (χ3n) is 6.74. The van der Waals surface area contributed by atoms with Crippen LogP contribution in [0.3, 0.4) is 0 Å². The summed E-state index contributed by atoms with van der Waals surface area (Å²) in [6.45, 7) is 5.79. The van der Waals surface area contributed by atoms with E-state index < -0.39 is 0 Å². The molecule has 170 valence electrons. The number of amides is 2. The molecule has 2 saturated heterocycles. The van der Waals surface area contributed by atoms with Crippen LogP contribution in [0.2, 0.25) is 0 Å². The van der Waals surface area contributed by atoms with Gasteiger partial charge < -0.3 is 14.5 Å². The average Bonchev–Trinajstić information content (AvgIpc) is 3.22. The number of aryl methyl sites for hydroxylation is 2. The minimum atomic E-state index is -0.289. The number of piperidine rings is 1.